The summed E-state index contributed by atoms with van der Waals surface area (Å²) in [6.45, 7) is 0.449. The zero-order valence-electron chi connectivity index (χ0n) is 15.3. The van der Waals surface area contributed by atoms with Crippen molar-refractivity contribution in [2.75, 3.05) is 12.4 Å². The SMILES string of the molecule is CC(C)N(C)S(=O)(=O)c1cccc(C(=O)Nc2ccc(OC(F)F)c(Cl)c2)c1. The summed E-state index contributed by atoms with van der Waals surface area (Å²) in [6.07, 6.45) is 0. The van der Waals surface area contributed by atoms with Crippen LogP contribution < -0.4 is 10.1 Å². The maximum Gasteiger partial charge on any atom is 0.387 e. The number of carbonyl (C=O) groups excluding carboxylic acids is 1. The smallest absolute Gasteiger partial charge is 0.387 e. The van der Waals surface area contributed by atoms with Gasteiger partial charge in [0.25, 0.3) is 5.91 Å². The monoisotopic (exact) mass is 432 g/mol. The first-order valence-corrected chi connectivity index (χ1v) is 9.98. The number of nitrogens with zero attached hydrogens (tertiary/aromatic N) is 1. The molecule has 0 unspecified atom stereocenters. The Morgan fingerprint density at radius 2 is 1.86 bits per heavy atom. The van der Waals surface area contributed by atoms with Gasteiger partial charge in [-0.2, -0.15) is 13.1 Å². The van der Waals surface area contributed by atoms with E-state index in [1.165, 1.54) is 53.8 Å². The van der Waals surface area contributed by atoms with Crippen LogP contribution in [-0.4, -0.2) is 38.3 Å². The van der Waals surface area contributed by atoms with Crippen LogP contribution in [0.4, 0.5) is 14.5 Å². The largest absolute Gasteiger partial charge is 0.433 e. The Kier molecular flexibility index (Phi) is 6.97. The molecule has 0 bridgehead atoms. The third kappa shape index (κ3) is 5.18. The van der Waals surface area contributed by atoms with Gasteiger partial charge in [-0.3, -0.25) is 4.79 Å². The van der Waals surface area contributed by atoms with Crippen LogP contribution in [0, 0.1) is 0 Å². The predicted molar refractivity (Wildman–Crippen MR) is 103 cm³/mol. The Balaban J connectivity index is 2.23. The minimum absolute atomic E-state index is 0.0185. The van der Waals surface area contributed by atoms with Gasteiger partial charge in [0.05, 0.1) is 9.92 Å². The van der Waals surface area contributed by atoms with E-state index in [4.69, 9.17) is 11.6 Å². The van der Waals surface area contributed by atoms with Crippen molar-refractivity contribution in [1.29, 1.82) is 0 Å². The normalized spacial score (nSPS) is 11.9. The zero-order valence-corrected chi connectivity index (χ0v) is 16.9. The van der Waals surface area contributed by atoms with Gasteiger partial charge in [0.2, 0.25) is 10.0 Å². The third-order valence-electron chi connectivity index (χ3n) is 3.91. The molecule has 1 amide bonds. The van der Waals surface area contributed by atoms with Gasteiger partial charge in [-0.25, -0.2) is 8.42 Å². The quantitative estimate of drug-likeness (QED) is 0.710. The summed E-state index contributed by atoms with van der Waals surface area (Å²) in [6, 6.07) is 9.13. The molecule has 152 valence electrons. The molecule has 0 radical (unpaired) electrons. The number of ether oxygens (including phenoxy) is 1. The maximum atomic E-state index is 12.6. The first-order valence-electron chi connectivity index (χ1n) is 8.16. The number of alkyl halides is 2. The number of amides is 1. The van der Waals surface area contributed by atoms with E-state index in [0.29, 0.717) is 0 Å². The highest BCUT2D eigenvalue weighted by molar-refractivity contribution is 7.89. The molecular weight excluding hydrogens is 414 g/mol. The summed E-state index contributed by atoms with van der Waals surface area (Å²) in [5, 5.41) is 2.43. The van der Waals surface area contributed by atoms with Crippen LogP contribution in [0.3, 0.4) is 0 Å². The first kappa shape index (κ1) is 22.1. The number of halogens is 3. The van der Waals surface area contributed by atoms with Crippen LogP contribution >= 0.6 is 11.6 Å². The zero-order chi connectivity index (χ0) is 21.1. The Labute approximate surface area is 167 Å². The van der Waals surface area contributed by atoms with Crippen molar-refractivity contribution in [3.8, 4) is 5.75 Å². The van der Waals surface area contributed by atoms with E-state index in [9.17, 15) is 22.0 Å². The molecule has 28 heavy (non-hydrogen) atoms. The molecule has 0 aliphatic carbocycles. The van der Waals surface area contributed by atoms with E-state index in [0.717, 1.165) is 0 Å². The minimum Gasteiger partial charge on any atom is -0.433 e. The van der Waals surface area contributed by atoms with Crippen LogP contribution in [0.2, 0.25) is 5.02 Å². The van der Waals surface area contributed by atoms with Gasteiger partial charge < -0.3 is 10.1 Å². The molecular formula is C18H19ClF2N2O4S. The number of rotatable bonds is 7. The van der Waals surface area contributed by atoms with E-state index in [1.807, 2.05) is 0 Å². The van der Waals surface area contributed by atoms with Crippen LogP contribution in [-0.2, 0) is 10.0 Å². The summed E-state index contributed by atoms with van der Waals surface area (Å²) >= 11 is 5.86. The molecule has 10 heteroatoms. The van der Waals surface area contributed by atoms with Gasteiger partial charge >= 0.3 is 6.61 Å². The van der Waals surface area contributed by atoms with Crippen LogP contribution in [0.15, 0.2) is 47.4 Å². The average Bonchev–Trinajstić information content (AvgIpc) is 2.63. The van der Waals surface area contributed by atoms with Crippen molar-refractivity contribution in [3.05, 3.63) is 53.1 Å². The molecule has 0 heterocycles. The molecule has 0 atom stereocenters. The predicted octanol–water partition coefficient (Wildman–Crippen LogP) is 4.22. The molecule has 2 rings (SSSR count). The number of carbonyl (C=O) groups is 1. The lowest BCUT2D eigenvalue weighted by molar-refractivity contribution is -0.0497. The number of sulfonamides is 1. The van der Waals surface area contributed by atoms with Gasteiger partial charge in [-0.1, -0.05) is 17.7 Å². The first-order chi connectivity index (χ1) is 13.0. The Morgan fingerprint density at radius 1 is 1.18 bits per heavy atom. The van der Waals surface area contributed by atoms with Crippen LogP contribution in [0.25, 0.3) is 0 Å². The van der Waals surface area contributed by atoms with Crippen molar-refractivity contribution in [2.45, 2.75) is 31.4 Å². The van der Waals surface area contributed by atoms with E-state index in [1.54, 1.807) is 13.8 Å². The fraction of sp³-hybridized carbons (Fsp3) is 0.278. The molecule has 2 aromatic rings. The molecule has 0 fully saturated rings. The minimum atomic E-state index is -3.75. The second-order valence-corrected chi connectivity index (χ2v) is 8.53. The molecule has 0 saturated heterocycles. The second kappa shape index (κ2) is 8.85. The number of anilines is 1. The fourth-order valence-corrected chi connectivity index (χ4v) is 3.85. The maximum absolute atomic E-state index is 12.6. The summed E-state index contributed by atoms with van der Waals surface area (Å²) < 4.78 is 55.1. The third-order valence-corrected chi connectivity index (χ3v) is 6.23. The fourth-order valence-electron chi connectivity index (χ4n) is 2.22. The molecule has 0 aliphatic heterocycles. The molecule has 1 N–H and O–H groups in total. The Bertz CT molecular complexity index is 968. The highest BCUT2D eigenvalue weighted by Crippen LogP contribution is 2.29. The highest BCUT2D eigenvalue weighted by Gasteiger charge is 2.24. The second-order valence-electron chi connectivity index (χ2n) is 6.12. The van der Waals surface area contributed by atoms with Crippen LogP contribution in [0.1, 0.15) is 24.2 Å². The van der Waals surface area contributed by atoms with Crippen molar-refractivity contribution in [1.82, 2.24) is 4.31 Å². The van der Waals surface area contributed by atoms with Gasteiger partial charge in [0, 0.05) is 24.3 Å². The number of hydrogen-bond acceptors (Lipinski definition) is 4. The summed E-state index contributed by atoms with van der Waals surface area (Å²) in [5.41, 5.74) is 0.353. The molecule has 2 aromatic carbocycles. The topological polar surface area (TPSA) is 75.7 Å². The number of hydrogen-bond donors (Lipinski definition) is 1. The average molecular weight is 433 g/mol. The number of nitrogens with one attached hydrogen (secondary N) is 1. The van der Waals surface area contributed by atoms with E-state index < -0.39 is 22.5 Å². The van der Waals surface area contributed by atoms with Gasteiger partial charge in [-0.15, -0.1) is 0 Å². The Morgan fingerprint density at radius 3 is 2.43 bits per heavy atom. The summed E-state index contributed by atoms with van der Waals surface area (Å²) in [7, 11) is -2.29. The molecule has 6 nitrogen and oxygen atoms in total. The standard InChI is InChI=1S/C18H19ClF2N2O4S/c1-11(2)23(3)28(25,26)14-6-4-5-12(9-14)17(24)22-13-7-8-16(15(19)10-13)27-18(20)21/h4-11,18H,1-3H3,(H,22,24). The Hall–Kier alpha value is -2.23. The van der Waals surface area contributed by atoms with Crippen LogP contribution in [0.5, 0.6) is 5.75 Å². The molecule has 0 saturated carbocycles. The lowest BCUT2D eigenvalue weighted by Gasteiger charge is -2.21. The van der Waals surface area contributed by atoms with E-state index in [2.05, 4.69) is 10.1 Å². The van der Waals surface area contributed by atoms with Crippen molar-refractivity contribution in [3.63, 3.8) is 0 Å². The van der Waals surface area contributed by atoms with Crippen molar-refractivity contribution >= 4 is 33.2 Å². The van der Waals surface area contributed by atoms with Gasteiger partial charge in [0.15, 0.2) is 0 Å². The van der Waals surface area contributed by atoms with Gasteiger partial charge in [0.1, 0.15) is 5.75 Å². The lowest BCUT2D eigenvalue weighted by Crippen LogP contribution is -2.33. The lowest BCUT2D eigenvalue weighted by atomic mass is 10.2. The van der Waals surface area contributed by atoms with Crippen molar-refractivity contribution < 1.29 is 26.7 Å². The molecule has 0 spiro atoms. The van der Waals surface area contributed by atoms with Crippen molar-refractivity contribution in [2.24, 2.45) is 0 Å². The highest BCUT2D eigenvalue weighted by atomic mass is 35.5. The van der Waals surface area contributed by atoms with E-state index in [-0.39, 0.29) is 33.0 Å². The number of benzene rings is 2. The summed E-state index contributed by atoms with van der Waals surface area (Å²) in [4.78, 5) is 12.4. The molecule has 0 aromatic heterocycles. The summed E-state index contributed by atoms with van der Waals surface area (Å²) in [5.74, 6) is -0.803. The van der Waals surface area contributed by atoms with Gasteiger partial charge in [-0.05, 0) is 50.2 Å². The van der Waals surface area contributed by atoms with E-state index >= 15 is 0 Å². The molecule has 0 aliphatic rings.